The van der Waals surface area contributed by atoms with E-state index in [4.69, 9.17) is 0 Å². The molecule has 0 unspecified atom stereocenters. The summed E-state index contributed by atoms with van der Waals surface area (Å²) in [5.74, 6) is -0.00376. The summed E-state index contributed by atoms with van der Waals surface area (Å²) in [6, 6.07) is 0. The zero-order chi connectivity index (χ0) is 14.3. The molecule has 0 radical (unpaired) electrons. The minimum atomic E-state index is -0.240. The van der Waals surface area contributed by atoms with Crippen molar-refractivity contribution in [1.82, 2.24) is 15.1 Å². The molecule has 106 valence electrons. The van der Waals surface area contributed by atoms with Crippen LogP contribution in [-0.2, 0) is 9.59 Å². The summed E-state index contributed by atoms with van der Waals surface area (Å²) in [6.07, 6.45) is 0.351. The monoisotopic (exact) mass is 257 g/mol. The average Bonchev–Trinajstić information content (AvgIpc) is 2.14. The van der Waals surface area contributed by atoms with Crippen LogP contribution in [0.2, 0.25) is 0 Å². The molecular formula is C13H27N3O2. The van der Waals surface area contributed by atoms with Crippen LogP contribution in [-0.4, -0.2) is 60.9 Å². The Morgan fingerprint density at radius 2 is 1.67 bits per heavy atom. The van der Waals surface area contributed by atoms with Gasteiger partial charge in [-0.3, -0.25) is 9.59 Å². The molecule has 0 bridgehead atoms. The van der Waals surface area contributed by atoms with E-state index in [0.29, 0.717) is 19.5 Å². The number of nitrogens with zero attached hydrogens (tertiary/aromatic N) is 2. The minimum absolute atomic E-state index is 0.00333. The Morgan fingerprint density at radius 1 is 1.11 bits per heavy atom. The van der Waals surface area contributed by atoms with Gasteiger partial charge >= 0.3 is 0 Å². The van der Waals surface area contributed by atoms with Crippen LogP contribution in [0, 0.1) is 0 Å². The van der Waals surface area contributed by atoms with Crippen LogP contribution in [0.15, 0.2) is 0 Å². The third-order valence-corrected chi connectivity index (χ3v) is 2.63. The maximum absolute atomic E-state index is 11.6. The van der Waals surface area contributed by atoms with Gasteiger partial charge in [-0.1, -0.05) is 0 Å². The van der Waals surface area contributed by atoms with Gasteiger partial charge in [0.1, 0.15) is 0 Å². The predicted molar refractivity (Wildman–Crippen MR) is 73.3 cm³/mol. The maximum atomic E-state index is 11.6. The van der Waals surface area contributed by atoms with Gasteiger partial charge in [0.2, 0.25) is 11.8 Å². The Hall–Kier alpha value is -1.10. The fourth-order valence-corrected chi connectivity index (χ4v) is 1.69. The summed E-state index contributed by atoms with van der Waals surface area (Å²) < 4.78 is 0. The number of nitrogens with one attached hydrogen (secondary N) is 1. The molecule has 0 saturated heterocycles. The van der Waals surface area contributed by atoms with Crippen LogP contribution < -0.4 is 5.32 Å². The molecule has 0 aliphatic rings. The number of likely N-dealkylation sites (N-methyl/N-ethyl adjacent to an activating group) is 1. The van der Waals surface area contributed by atoms with E-state index >= 15 is 0 Å². The lowest BCUT2D eigenvalue weighted by Gasteiger charge is -2.34. The van der Waals surface area contributed by atoms with Gasteiger partial charge in [0.25, 0.3) is 0 Å². The van der Waals surface area contributed by atoms with Crippen LogP contribution in [0.5, 0.6) is 0 Å². The molecule has 0 spiro atoms. The van der Waals surface area contributed by atoms with Crippen molar-refractivity contribution in [3.05, 3.63) is 0 Å². The average molecular weight is 257 g/mol. The van der Waals surface area contributed by atoms with Crippen molar-refractivity contribution in [3.8, 4) is 0 Å². The van der Waals surface area contributed by atoms with Crippen LogP contribution in [0.1, 0.15) is 34.1 Å². The van der Waals surface area contributed by atoms with Crippen molar-refractivity contribution in [1.29, 1.82) is 0 Å². The summed E-state index contributed by atoms with van der Waals surface area (Å²) >= 11 is 0. The lowest BCUT2D eigenvalue weighted by atomic mass is 10.1. The van der Waals surface area contributed by atoms with Crippen molar-refractivity contribution in [2.45, 2.75) is 39.7 Å². The molecule has 2 amide bonds. The van der Waals surface area contributed by atoms with Crippen molar-refractivity contribution in [2.24, 2.45) is 0 Å². The maximum Gasteiger partial charge on any atom is 0.221 e. The summed E-state index contributed by atoms with van der Waals surface area (Å²) in [4.78, 5) is 26.8. The lowest BCUT2D eigenvalue weighted by molar-refractivity contribution is -0.134. The van der Waals surface area contributed by atoms with Crippen molar-refractivity contribution in [3.63, 3.8) is 0 Å². The third kappa shape index (κ3) is 7.27. The fourth-order valence-electron chi connectivity index (χ4n) is 1.69. The van der Waals surface area contributed by atoms with E-state index in [-0.39, 0.29) is 17.4 Å². The highest BCUT2D eigenvalue weighted by Crippen LogP contribution is 2.13. The second-order valence-electron chi connectivity index (χ2n) is 5.74. The van der Waals surface area contributed by atoms with E-state index in [1.807, 2.05) is 39.8 Å². The van der Waals surface area contributed by atoms with Gasteiger partial charge in [0.15, 0.2) is 0 Å². The normalized spacial score (nSPS) is 11.5. The first-order valence-corrected chi connectivity index (χ1v) is 6.34. The minimum Gasteiger partial charge on any atom is -0.355 e. The molecule has 0 aromatic heterocycles. The standard InChI is InChI=1S/C13H27N3O2/c1-11(17)16(13(2,3)4)9-7-12(18)14-8-10-15(5)6/h7-10H2,1-6H3,(H,14,18). The molecule has 0 aromatic carbocycles. The van der Waals surface area contributed by atoms with Crippen molar-refractivity contribution in [2.75, 3.05) is 33.7 Å². The largest absolute Gasteiger partial charge is 0.355 e. The molecule has 1 N–H and O–H groups in total. The number of hydrogen-bond acceptors (Lipinski definition) is 3. The number of carbonyl (C=O) groups excluding carboxylic acids is 2. The van der Waals surface area contributed by atoms with Gasteiger partial charge in [-0.2, -0.15) is 0 Å². The molecule has 0 heterocycles. The van der Waals surface area contributed by atoms with Gasteiger partial charge in [-0.05, 0) is 34.9 Å². The molecule has 18 heavy (non-hydrogen) atoms. The van der Waals surface area contributed by atoms with Gasteiger partial charge in [-0.15, -0.1) is 0 Å². The molecule has 0 aliphatic carbocycles. The summed E-state index contributed by atoms with van der Waals surface area (Å²) in [6.45, 7) is 9.37. The molecule has 0 aliphatic heterocycles. The van der Waals surface area contributed by atoms with Crippen LogP contribution >= 0.6 is 0 Å². The van der Waals surface area contributed by atoms with Gasteiger partial charge in [0, 0.05) is 38.5 Å². The first kappa shape index (κ1) is 16.9. The van der Waals surface area contributed by atoms with Crippen molar-refractivity contribution < 1.29 is 9.59 Å². The van der Waals surface area contributed by atoms with Crippen LogP contribution in [0.4, 0.5) is 0 Å². The summed E-state index contributed by atoms with van der Waals surface area (Å²) in [7, 11) is 3.92. The molecular weight excluding hydrogens is 230 g/mol. The topological polar surface area (TPSA) is 52.7 Å². The Kier molecular flexibility index (Phi) is 6.91. The first-order chi connectivity index (χ1) is 8.14. The number of amides is 2. The third-order valence-electron chi connectivity index (χ3n) is 2.63. The Labute approximate surface area is 111 Å². The highest BCUT2D eigenvalue weighted by molar-refractivity contribution is 5.78. The van der Waals surface area contributed by atoms with E-state index in [0.717, 1.165) is 6.54 Å². The zero-order valence-corrected chi connectivity index (χ0v) is 12.5. The molecule has 0 aromatic rings. The molecule has 0 atom stereocenters. The fraction of sp³-hybridized carbons (Fsp3) is 0.846. The van der Waals surface area contributed by atoms with E-state index < -0.39 is 0 Å². The second kappa shape index (κ2) is 7.36. The zero-order valence-electron chi connectivity index (χ0n) is 12.5. The van der Waals surface area contributed by atoms with Crippen LogP contribution in [0.3, 0.4) is 0 Å². The van der Waals surface area contributed by atoms with Gasteiger partial charge in [0.05, 0.1) is 0 Å². The van der Waals surface area contributed by atoms with E-state index in [9.17, 15) is 9.59 Å². The molecule has 0 rings (SSSR count). The number of carbonyl (C=O) groups is 2. The Balaban J connectivity index is 4.06. The summed E-state index contributed by atoms with van der Waals surface area (Å²) in [5.41, 5.74) is -0.240. The Morgan fingerprint density at radius 3 is 2.06 bits per heavy atom. The summed E-state index contributed by atoms with van der Waals surface area (Å²) in [5, 5.41) is 2.84. The van der Waals surface area contributed by atoms with E-state index in [2.05, 4.69) is 5.32 Å². The molecule has 0 saturated carbocycles. The SMILES string of the molecule is CC(=O)N(CCC(=O)NCCN(C)C)C(C)(C)C. The predicted octanol–water partition coefficient (Wildman–Crippen LogP) is 0.701. The van der Waals surface area contributed by atoms with Crippen LogP contribution in [0.25, 0.3) is 0 Å². The first-order valence-electron chi connectivity index (χ1n) is 6.34. The highest BCUT2D eigenvalue weighted by atomic mass is 16.2. The lowest BCUT2D eigenvalue weighted by Crippen LogP contribution is -2.46. The Bertz CT molecular complexity index is 282. The molecule has 0 fully saturated rings. The van der Waals surface area contributed by atoms with E-state index in [1.54, 1.807) is 4.90 Å². The number of hydrogen-bond donors (Lipinski definition) is 1. The quantitative estimate of drug-likeness (QED) is 0.762. The van der Waals surface area contributed by atoms with Gasteiger partial charge < -0.3 is 15.1 Å². The molecule has 5 heteroatoms. The smallest absolute Gasteiger partial charge is 0.221 e. The number of rotatable bonds is 6. The van der Waals surface area contributed by atoms with Crippen molar-refractivity contribution >= 4 is 11.8 Å². The van der Waals surface area contributed by atoms with E-state index in [1.165, 1.54) is 6.92 Å². The highest BCUT2D eigenvalue weighted by Gasteiger charge is 2.23. The second-order valence-corrected chi connectivity index (χ2v) is 5.74. The van der Waals surface area contributed by atoms with Gasteiger partial charge in [-0.25, -0.2) is 0 Å². The molecule has 5 nitrogen and oxygen atoms in total.